The summed E-state index contributed by atoms with van der Waals surface area (Å²) in [5, 5.41) is 3.48. The van der Waals surface area contributed by atoms with Gasteiger partial charge in [0, 0.05) is 48.0 Å². The quantitative estimate of drug-likeness (QED) is 0.413. The van der Waals surface area contributed by atoms with E-state index in [-0.39, 0.29) is 11.3 Å². The van der Waals surface area contributed by atoms with Crippen molar-refractivity contribution in [1.29, 1.82) is 0 Å². The standard InChI is InChI=1S/C28H26N2O3S/c1-19-25(31)22-11-7-12-23(27(22)33-26(19)20-8-3-2-4-9-20)28(32)29-24-13-6-5-10-21(24)18-30-14-16-34-17-15-30/h2-13H,14-18H2,1H3,(H,29,32). The Morgan fingerprint density at radius 2 is 1.71 bits per heavy atom. The summed E-state index contributed by atoms with van der Waals surface area (Å²) in [6, 6.07) is 22.5. The number of rotatable bonds is 5. The van der Waals surface area contributed by atoms with E-state index in [1.54, 1.807) is 25.1 Å². The van der Waals surface area contributed by atoms with Crippen LogP contribution in [0, 0.1) is 6.92 Å². The zero-order chi connectivity index (χ0) is 23.5. The van der Waals surface area contributed by atoms with E-state index in [4.69, 9.17) is 4.42 Å². The van der Waals surface area contributed by atoms with E-state index in [2.05, 4.69) is 16.3 Å². The summed E-state index contributed by atoms with van der Waals surface area (Å²) in [5.74, 6) is 2.46. The van der Waals surface area contributed by atoms with Crippen molar-refractivity contribution in [3.63, 3.8) is 0 Å². The number of nitrogens with one attached hydrogen (secondary N) is 1. The Bertz CT molecular complexity index is 1390. The monoisotopic (exact) mass is 470 g/mol. The Kier molecular flexibility index (Phi) is 6.52. The van der Waals surface area contributed by atoms with Crippen LogP contribution in [0.2, 0.25) is 0 Å². The van der Waals surface area contributed by atoms with Gasteiger partial charge >= 0.3 is 0 Å². The first-order chi connectivity index (χ1) is 16.6. The molecular formula is C28H26N2O3S. The van der Waals surface area contributed by atoms with Crippen LogP contribution in [0.4, 0.5) is 5.69 Å². The summed E-state index contributed by atoms with van der Waals surface area (Å²) in [5.41, 5.74) is 3.71. The number of thioether (sulfide) groups is 1. The molecule has 0 bridgehead atoms. The third-order valence-electron chi connectivity index (χ3n) is 6.19. The minimum absolute atomic E-state index is 0.127. The molecule has 1 N–H and O–H groups in total. The van der Waals surface area contributed by atoms with E-state index >= 15 is 0 Å². The maximum Gasteiger partial charge on any atom is 0.259 e. The van der Waals surface area contributed by atoms with E-state index in [1.165, 1.54) is 0 Å². The number of amides is 1. The topological polar surface area (TPSA) is 62.6 Å². The molecule has 34 heavy (non-hydrogen) atoms. The fraction of sp³-hybridized carbons (Fsp3) is 0.214. The molecule has 1 saturated heterocycles. The molecule has 1 aliphatic rings. The number of hydrogen-bond acceptors (Lipinski definition) is 5. The first kappa shape index (κ1) is 22.4. The Hall–Kier alpha value is -3.35. The predicted octanol–water partition coefficient (Wildman–Crippen LogP) is 5.57. The summed E-state index contributed by atoms with van der Waals surface area (Å²) >= 11 is 1.98. The lowest BCUT2D eigenvalue weighted by Crippen LogP contribution is -2.32. The molecule has 0 aliphatic carbocycles. The maximum absolute atomic E-state index is 13.4. The number of nitrogens with zero attached hydrogens (tertiary/aromatic N) is 1. The number of para-hydroxylation sites is 2. The zero-order valence-corrected chi connectivity index (χ0v) is 19.9. The van der Waals surface area contributed by atoms with E-state index < -0.39 is 0 Å². The maximum atomic E-state index is 13.4. The molecule has 1 fully saturated rings. The highest BCUT2D eigenvalue weighted by Gasteiger charge is 2.20. The largest absolute Gasteiger partial charge is 0.455 e. The van der Waals surface area contributed by atoms with Crippen molar-refractivity contribution in [2.24, 2.45) is 0 Å². The normalized spacial score (nSPS) is 14.3. The van der Waals surface area contributed by atoms with Crippen molar-refractivity contribution < 1.29 is 9.21 Å². The van der Waals surface area contributed by atoms with Crippen molar-refractivity contribution in [3.05, 3.63) is 99.7 Å². The van der Waals surface area contributed by atoms with Crippen molar-refractivity contribution in [2.75, 3.05) is 29.9 Å². The molecular weight excluding hydrogens is 444 g/mol. The highest BCUT2D eigenvalue weighted by atomic mass is 32.2. The van der Waals surface area contributed by atoms with E-state index in [0.29, 0.717) is 27.9 Å². The van der Waals surface area contributed by atoms with E-state index in [9.17, 15) is 9.59 Å². The Labute approximate surface area is 202 Å². The molecule has 3 aromatic carbocycles. The third kappa shape index (κ3) is 4.52. The van der Waals surface area contributed by atoms with Gasteiger partial charge in [-0.15, -0.1) is 0 Å². The molecule has 6 heteroatoms. The van der Waals surface area contributed by atoms with Gasteiger partial charge in [-0.2, -0.15) is 11.8 Å². The van der Waals surface area contributed by atoms with Gasteiger partial charge in [0.05, 0.1) is 10.9 Å². The number of anilines is 1. The molecule has 5 nitrogen and oxygen atoms in total. The molecule has 0 radical (unpaired) electrons. The molecule has 5 rings (SSSR count). The lowest BCUT2D eigenvalue weighted by Gasteiger charge is -2.27. The van der Waals surface area contributed by atoms with Crippen LogP contribution in [-0.2, 0) is 6.54 Å². The van der Waals surface area contributed by atoms with Crippen molar-refractivity contribution in [1.82, 2.24) is 4.90 Å². The van der Waals surface area contributed by atoms with Gasteiger partial charge in [0.2, 0.25) is 0 Å². The second-order valence-corrected chi connectivity index (χ2v) is 9.66. The highest BCUT2D eigenvalue weighted by Crippen LogP contribution is 2.28. The first-order valence-corrected chi connectivity index (χ1v) is 12.6. The second-order valence-electron chi connectivity index (χ2n) is 8.43. The molecule has 1 aromatic heterocycles. The number of carbonyl (C=O) groups is 1. The molecule has 0 unspecified atom stereocenters. The van der Waals surface area contributed by atoms with Crippen LogP contribution >= 0.6 is 11.8 Å². The van der Waals surface area contributed by atoms with Crippen molar-refractivity contribution in [2.45, 2.75) is 13.5 Å². The summed E-state index contributed by atoms with van der Waals surface area (Å²) in [7, 11) is 0. The summed E-state index contributed by atoms with van der Waals surface area (Å²) in [4.78, 5) is 29.0. The minimum atomic E-state index is -0.293. The van der Waals surface area contributed by atoms with Crippen LogP contribution in [-0.4, -0.2) is 35.4 Å². The number of benzene rings is 3. The zero-order valence-electron chi connectivity index (χ0n) is 19.0. The van der Waals surface area contributed by atoms with E-state index in [0.717, 1.165) is 48.0 Å². The van der Waals surface area contributed by atoms with Gasteiger partial charge in [0.1, 0.15) is 5.76 Å². The fourth-order valence-corrected chi connectivity index (χ4v) is 5.30. The summed E-state index contributed by atoms with van der Waals surface area (Å²) in [6.07, 6.45) is 0. The number of carbonyl (C=O) groups excluding carboxylic acids is 1. The molecule has 4 aromatic rings. The van der Waals surface area contributed by atoms with Crippen LogP contribution in [0.3, 0.4) is 0 Å². The van der Waals surface area contributed by atoms with Gasteiger partial charge in [-0.05, 0) is 30.7 Å². The van der Waals surface area contributed by atoms with Crippen LogP contribution in [0.1, 0.15) is 21.5 Å². The van der Waals surface area contributed by atoms with Gasteiger partial charge in [0.15, 0.2) is 11.0 Å². The van der Waals surface area contributed by atoms with Crippen LogP contribution in [0.15, 0.2) is 82.0 Å². The van der Waals surface area contributed by atoms with Crippen LogP contribution in [0.25, 0.3) is 22.3 Å². The highest BCUT2D eigenvalue weighted by molar-refractivity contribution is 7.99. The predicted molar refractivity (Wildman–Crippen MR) is 140 cm³/mol. The lowest BCUT2D eigenvalue weighted by atomic mass is 10.0. The molecule has 0 saturated carbocycles. The molecule has 1 aliphatic heterocycles. The summed E-state index contributed by atoms with van der Waals surface area (Å²) < 4.78 is 6.23. The first-order valence-electron chi connectivity index (χ1n) is 11.4. The minimum Gasteiger partial charge on any atom is -0.455 e. The van der Waals surface area contributed by atoms with Crippen molar-refractivity contribution >= 4 is 34.3 Å². The van der Waals surface area contributed by atoms with Gasteiger partial charge in [0.25, 0.3) is 5.91 Å². The Morgan fingerprint density at radius 3 is 2.50 bits per heavy atom. The number of hydrogen-bond donors (Lipinski definition) is 1. The van der Waals surface area contributed by atoms with Crippen molar-refractivity contribution in [3.8, 4) is 11.3 Å². The number of fused-ring (bicyclic) bond motifs is 1. The average Bonchev–Trinajstić information content (AvgIpc) is 2.88. The van der Waals surface area contributed by atoms with Gasteiger partial charge in [-0.1, -0.05) is 54.6 Å². The Balaban J connectivity index is 1.51. The van der Waals surface area contributed by atoms with Crippen LogP contribution in [0.5, 0.6) is 0 Å². The average molecular weight is 471 g/mol. The lowest BCUT2D eigenvalue weighted by molar-refractivity contribution is 0.102. The van der Waals surface area contributed by atoms with Gasteiger partial charge in [-0.3, -0.25) is 14.5 Å². The smallest absolute Gasteiger partial charge is 0.259 e. The van der Waals surface area contributed by atoms with E-state index in [1.807, 2.05) is 60.3 Å². The summed E-state index contributed by atoms with van der Waals surface area (Å²) in [6.45, 7) is 4.64. The molecule has 0 spiro atoms. The molecule has 2 heterocycles. The second kappa shape index (κ2) is 9.87. The molecule has 1 amide bonds. The molecule has 172 valence electrons. The van der Waals surface area contributed by atoms with Crippen LogP contribution < -0.4 is 10.7 Å². The third-order valence-corrected chi connectivity index (χ3v) is 7.13. The SMILES string of the molecule is Cc1c(-c2ccccc2)oc2c(C(=O)Nc3ccccc3CN3CCSCC3)cccc2c1=O. The van der Waals surface area contributed by atoms with Gasteiger partial charge in [-0.25, -0.2) is 0 Å². The molecule has 0 atom stereocenters. The van der Waals surface area contributed by atoms with Gasteiger partial charge < -0.3 is 9.73 Å². The Morgan fingerprint density at radius 1 is 0.971 bits per heavy atom. The fourth-order valence-electron chi connectivity index (χ4n) is 4.32.